The largest absolute Gasteiger partial charge is 0.325 e. The zero-order valence-electron chi connectivity index (χ0n) is 9.97. The van der Waals surface area contributed by atoms with E-state index >= 15 is 0 Å². The summed E-state index contributed by atoms with van der Waals surface area (Å²) in [7, 11) is 0. The Kier molecular flexibility index (Phi) is 3.50. The van der Waals surface area contributed by atoms with Crippen LogP contribution in [-0.2, 0) is 6.42 Å². The van der Waals surface area contributed by atoms with E-state index in [0.29, 0.717) is 0 Å². The topological polar surface area (TPSA) is 26.0 Å². The molecule has 0 aliphatic carbocycles. The lowest BCUT2D eigenvalue weighted by Crippen LogP contribution is -2.34. The fourth-order valence-corrected chi connectivity index (χ4v) is 1.67. The maximum absolute atomic E-state index is 13.4. The Morgan fingerprint density at radius 3 is 2.40 bits per heavy atom. The van der Waals surface area contributed by atoms with Gasteiger partial charge in [-0.3, -0.25) is 0 Å². The first-order valence-electron chi connectivity index (χ1n) is 5.37. The fraction of sp³-hybridized carbons (Fsp3) is 0.538. The van der Waals surface area contributed by atoms with Gasteiger partial charge >= 0.3 is 0 Å². The lowest BCUT2D eigenvalue weighted by Gasteiger charge is -2.19. The van der Waals surface area contributed by atoms with Crippen molar-refractivity contribution >= 4 is 0 Å². The Balaban J connectivity index is 2.98. The molecule has 1 rings (SSSR count). The monoisotopic (exact) mass is 209 g/mol. The van der Waals surface area contributed by atoms with E-state index in [9.17, 15) is 4.39 Å². The van der Waals surface area contributed by atoms with Gasteiger partial charge in [0.15, 0.2) is 0 Å². The Labute approximate surface area is 91.5 Å². The van der Waals surface area contributed by atoms with Crippen molar-refractivity contribution in [1.82, 2.24) is 0 Å². The first-order valence-corrected chi connectivity index (χ1v) is 5.37. The molecule has 1 nitrogen and oxygen atoms in total. The van der Waals surface area contributed by atoms with E-state index in [4.69, 9.17) is 5.73 Å². The van der Waals surface area contributed by atoms with E-state index in [1.165, 1.54) is 6.07 Å². The maximum atomic E-state index is 13.4. The molecule has 0 aliphatic rings. The first kappa shape index (κ1) is 12.2. The molecule has 0 aromatic heterocycles. The molecular formula is C13H20FN. The predicted octanol–water partition coefficient (Wildman–Crippen LogP) is 3.23. The number of hydrogen-bond acceptors (Lipinski definition) is 1. The molecule has 15 heavy (non-hydrogen) atoms. The van der Waals surface area contributed by atoms with Crippen LogP contribution in [0.3, 0.4) is 0 Å². The van der Waals surface area contributed by atoms with Crippen molar-refractivity contribution < 1.29 is 4.39 Å². The van der Waals surface area contributed by atoms with Crippen LogP contribution in [0.15, 0.2) is 18.2 Å². The minimum atomic E-state index is -0.244. The standard InChI is InChI=1S/C13H20FN/c1-9(2)11-7-10(5-6-12(11)14)8-13(3,4)15/h5-7,9H,8,15H2,1-4H3. The van der Waals surface area contributed by atoms with E-state index in [0.717, 1.165) is 17.5 Å². The minimum Gasteiger partial charge on any atom is -0.325 e. The van der Waals surface area contributed by atoms with Crippen molar-refractivity contribution in [3.05, 3.63) is 35.1 Å². The normalized spacial score (nSPS) is 12.2. The zero-order valence-corrected chi connectivity index (χ0v) is 9.97. The average molecular weight is 209 g/mol. The minimum absolute atomic E-state index is 0.122. The molecule has 0 saturated carbocycles. The number of nitrogens with two attached hydrogens (primary N) is 1. The fourth-order valence-electron chi connectivity index (χ4n) is 1.67. The van der Waals surface area contributed by atoms with E-state index in [-0.39, 0.29) is 17.3 Å². The number of rotatable bonds is 3. The Bertz CT molecular complexity index is 337. The van der Waals surface area contributed by atoms with Crippen LogP contribution in [0.5, 0.6) is 0 Å². The highest BCUT2D eigenvalue weighted by Crippen LogP contribution is 2.21. The Morgan fingerprint density at radius 2 is 1.93 bits per heavy atom. The van der Waals surface area contributed by atoms with Gasteiger partial charge in [0, 0.05) is 5.54 Å². The van der Waals surface area contributed by atoms with Crippen LogP contribution in [0.4, 0.5) is 4.39 Å². The number of halogens is 1. The van der Waals surface area contributed by atoms with Crippen molar-refractivity contribution in [2.24, 2.45) is 5.73 Å². The third-order valence-corrected chi connectivity index (χ3v) is 2.34. The first-order chi connectivity index (χ1) is 6.79. The molecule has 0 saturated heterocycles. The summed E-state index contributed by atoms with van der Waals surface area (Å²) in [5.41, 5.74) is 7.57. The SMILES string of the molecule is CC(C)c1cc(CC(C)(C)N)ccc1F. The van der Waals surface area contributed by atoms with Crippen LogP contribution in [0.2, 0.25) is 0 Å². The highest BCUT2D eigenvalue weighted by atomic mass is 19.1. The van der Waals surface area contributed by atoms with Crippen LogP contribution in [0, 0.1) is 5.82 Å². The lowest BCUT2D eigenvalue weighted by atomic mass is 9.92. The number of benzene rings is 1. The summed E-state index contributed by atoms with van der Waals surface area (Å²) in [5.74, 6) is 0.0921. The van der Waals surface area contributed by atoms with Gasteiger partial charge in [0.05, 0.1) is 0 Å². The van der Waals surface area contributed by atoms with Crippen molar-refractivity contribution in [2.75, 3.05) is 0 Å². The smallest absolute Gasteiger partial charge is 0.126 e. The van der Waals surface area contributed by atoms with Gasteiger partial charge in [0.1, 0.15) is 5.82 Å². The molecule has 2 N–H and O–H groups in total. The molecule has 0 spiro atoms. The summed E-state index contributed by atoms with van der Waals surface area (Å²) in [6.07, 6.45) is 0.771. The molecule has 0 amide bonds. The van der Waals surface area contributed by atoms with E-state index in [1.54, 1.807) is 0 Å². The lowest BCUT2D eigenvalue weighted by molar-refractivity contribution is 0.514. The van der Waals surface area contributed by atoms with Gasteiger partial charge in [-0.25, -0.2) is 4.39 Å². The van der Waals surface area contributed by atoms with E-state index in [1.807, 2.05) is 39.8 Å². The van der Waals surface area contributed by atoms with Crippen LogP contribution in [0.25, 0.3) is 0 Å². The third-order valence-electron chi connectivity index (χ3n) is 2.34. The summed E-state index contributed by atoms with van der Waals surface area (Å²) >= 11 is 0. The summed E-state index contributed by atoms with van der Waals surface area (Å²) in [4.78, 5) is 0. The summed E-state index contributed by atoms with van der Waals surface area (Å²) in [5, 5.41) is 0. The quantitative estimate of drug-likeness (QED) is 0.812. The van der Waals surface area contributed by atoms with Crippen molar-refractivity contribution in [2.45, 2.75) is 45.6 Å². The number of hydrogen-bond donors (Lipinski definition) is 1. The maximum Gasteiger partial charge on any atom is 0.126 e. The molecular weight excluding hydrogens is 189 g/mol. The second-order valence-electron chi connectivity index (χ2n) is 5.18. The molecule has 1 aromatic rings. The molecule has 1 aromatic carbocycles. The van der Waals surface area contributed by atoms with Crippen molar-refractivity contribution in [1.29, 1.82) is 0 Å². The van der Waals surface area contributed by atoms with Gasteiger partial charge in [-0.2, -0.15) is 0 Å². The van der Waals surface area contributed by atoms with E-state index < -0.39 is 0 Å². The third kappa shape index (κ3) is 3.63. The predicted molar refractivity (Wildman–Crippen MR) is 62.5 cm³/mol. The molecule has 0 radical (unpaired) electrons. The molecule has 0 atom stereocenters. The molecule has 0 unspecified atom stereocenters. The highest BCUT2D eigenvalue weighted by molar-refractivity contribution is 5.28. The van der Waals surface area contributed by atoms with Crippen LogP contribution >= 0.6 is 0 Å². The summed E-state index contributed by atoms with van der Waals surface area (Å²) in [6, 6.07) is 5.28. The summed E-state index contributed by atoms with van der Waals surface area (Å²) < 4.78 is 13.4. The van der Waals surface area contributed by atoms with Gasteiger partial charge in [-0.05, 0) is 43.4 Å². The Morgan fingerprint density at radius 1 is 1.33 bits per heavy atom. The van der Waals surface area contributed by atoms with Gasteiger partial charge < -0.3 is 5.73 Å². The van der Waals surface area contributed by atoms with Gasteiger partial charge in [-0.15, -0.1) is 0 Å². The second-order valence-corrected chi connectivity index (χ2v) is 5.18. The molecule has 2 heteroatoms. The molecule has 0 bridgehead atoms. The van der Waals surface area contributed by atoms with Gasteiger partial charge in [0.2, 0.25) is 0 Å². The van der Waals surface area contributed by atoms with Gasteiger partial charge in [0.25, 0.3) is 0 Å². The molecule has 84 valence electrons. The van der Waals surface area contributed by atoms with Gasteiger partial charge in [-0.1, -0.05) is 26.0 Å². The molecule has 0 fully saturated rings. The van der Waals surface area contributed by atoms with Crippen LogP contribution < -0.4 is 5.73 Å². The highest BCUT2D eigenvalue weighted by Gasteiger charge is 2.14. The van der Waals surface area contributed by atoms with Crippen LogP contribution in [0.1, 0.15) is 44.7 Å². The Hall–Kier alpha value is -0.890. The summed E-state index contributed by atoms with van der Waals surface area (Å²) in [6.45, 7) is 7.95. The van der Waals surface area contributed by atoms with E-state index in [2.05, 4.69) is 0 Å². The second kappa shape index (κ2) is 4.31. The van der Waals surface area contributed by atoms with Crippen molar-refractivity contribution in [3.63, 3.8) is 0 Å². The molecule has 0 heterocycles. The van der Waals surface area contributed by atoms with Crippen molar-refractivity contribution in [3.8, 4) is 0 Å². The zero-order chi connectivity index (χ0) is 11.6. The van der Waals surface area contributed by atoms with Crippen LogP contribution in [-0.4, -0.2) is 5.54 Å². The average Bonchev–Trinajstić information content (AvgIpc) is 2.05. The molecule has 0 aliphatic heterocycles.